The van der Waals surface area contributed by atoms with Crippen LogP contribution in [0, 0.1) is 11.6 Å². The predicted octanol–water partition coefficient (Wildman–Crippen LogP) is 2.55. The van der Waals surface area contributed by atoms with E-state index in [1.54, 1.807) is 0 Å². The molecule has 116 valence electrons. The molecule has 5 nitrogen and oxygen atoms in total. The van der Waals surface area contributed by atoms with E-state index in [1.165, 1.54) is 34.9 Å². The highest BCUT2D eigenvalue weighted by Gasteiger charge is 2.17. The number of benzene rings is 2. The molecule has 3 N–H and O–H groups in total. The normalized spacial score (nSPS) is 10.9. The molecule has 7 heteroatoms. The van der Waals surface area contributed by atoms with Crippen LogP contribution in [0.15, 0.2) is 47.4 Å². The van der Waals surface area contributed by atoms with Crippen LogP contribution in [0.2, 0.25) is 0 Å². The topological polar surface area (TPSA) is 85.3 Å². The summed E-state index contributed by atoms with van der Waals surface area (Å²) in [6, 6.07) is 7.33. The Hall–Kier alpha value is -3.22. The largest absolute Gasteiger partial charge is 0.477 e. The van der Waals surface area contributed by atoms with E-state index in [1.807, 2.05) is 0 Å². The minimum Gasteiger partial charge on any atom is -0.477 e. The molecular formula is C16H10F2N2O3. The molecule has 1 aromatic heterocycles. The molecule has 0 bridgehead atoms. The van der Waals surface area contributed by atoms with E-state index in [-0.39, 0.29) is 16.6 Å². The molecule has 2 aromatic carbocycles. The maximum absolute atomic E-state index is 13.7. The van der Waals surface area contributed by atoms with Crippen molar-refractivity contribution in [1.82, 2.24) is 4.57 Å². The number of aromatic nitrogens is 1. The predicted molar refractivity (Wildman–Crippen MR) is 80.8 cm³/mol. The van der Waals surface area contributed by atoms with Gasteiger partial charge in [-0.25, -0.2) is 13.6 Å². The Bertz CT molecular complexity index is 995. The molecule has 3 rings (SSSR count). The average Bonchev–Trinajstić information content (AvgIpc) is 2.50. The molecule has 23 heavy (non-hydrogen) atoms. The van der Waals surface area contributed by atoms with Crippen molar-refractivity contribution in [3.05, 3.63) is 70.0 Å². The first-order valence-electron chi connectivity index (χ1n) is 6.52. The van der Waals surface area contributed by atoms with Crippen LogP contribution in [0.5, 0.6) is 0 Å². The number of hydrogen-bond acceptors (Lipinski definition) is 3. The zero-order valence-electron chi connectivity index (χ0n) is 11.6. The number of pyridine rings is 1. The van der Waals surface area contributed by atoms with Gasteiger partial charge in [-0.15, -0.1) is 0 Å². The molecule has 0 amide bonds. The van der Waals surface area contributed by atoms with Crippen molar-refractivity contribution in [3.63, 3.8) is 0 Å². The second-order valence-corrected chi connectivity index (χ2v) is 4.91. The standard InChI is InChI=1S/C16H10F2N2O3/c17-8-1-3-9(4-2-8)20-7-11(16(22)23)15(21)10-5-12(18)13(19)6-14(10)20/h1-7H,19H2,(H,22,23). The van der Waals surface area contributed by atoms with Crippen LogP contribution in [0.3, 0.4) is 0 Å². The van der Waals surface area contributed by atoms with Gasteiger partial charge in [-0.2, -0.15) is 0 Å². The maximum atomic E-state index is 13.7. The van der Waals surface area contributed by atoms with Gasteiger partial charge in [-0.1, -0.05) is 0 Å². The van der Waals surface area contributed by atoms with Gasteiger partial charge < -0.3 is 15.4 Å². The zero-order chi connectivity index (χ0) is 16.7. The van der Waals surface area contributed by atoms with E-state index in [2.05, 4.69) is 0 Å². The summed E-state index contributed by atoms with van der Waals surface area (Å²) in [5.41, 5.74) is 4.65. The monoisotopic (exact) mass is 316 g/mol. The van der Waals surface area contributed by atoms with E-state index in [9.17, 15) is 23.5 Å². The minimum atomic E-state index is -1.44. The first-order chi connectivity index (χ1) is 10.9. The van der Waals surface area contributed by atoms with Crippen LogP contribution in [0.1, 0.15) is 10.4 Å². The third-order valence-corrected chi connectivity index (χ3v) is 3.46. The Morgan fingerprint density at radius 3 is 2.39 bits per heavy atom. The van der Waals surface area contributed by atoms with Crippen LogP contribution in [0.25, 0.3) is 16.6 Å². The third kappa shape index (κ3) is 2.42. The molecule has 3 aromatic rings. The van der Waals surface area contributed by atoms with E-state index in [0.717, 1.165) is 12.3 Å². The van der Waals surface area contributed by atoms with Gasteiger partial charge in [-0.3, -0.25) is 4.79 Å². The van der Waals surface area contributed by atoms with Crippen molar-refractivity contribution in [1.29, 1.82) is 0 Å². The summed E-state index contributed by atoms with van der Waals surface area (Å²) in [7, 11) is 0. The van der Waals surface area contributed by atoms with E-state index < -0.39 is 28.6 Å². The Labute approximate surface area is 128 Å². The van der Waals surface area contributed by atoms with E-state index >= 15 is 0 Å². The van der Waals surface area contributed by atoms with Gasteiger partial charge >= 0.3 is 5.97 Å². The summed E-state index contributed by atoms with van der Waals surface area (Å²) in [5, 5.41) is 9.05. The van der Waals surface area contributed by atoms with E-state index in [0.29, 0.717) is 5.69 Å². The molecule has 0 fully saturated rings. The smallest absolute Gasteiger partial charge is 0.341 e. The number of rotatable bonds is 2. The van der Waals surface area contributed by atoms with Gasteiger partial charge in [0, 0.05) is 17.3 Å². The summed E-state index contributed by atoms with van der Waals surface area (Å²) in [5.74, 6) is -2.73. The molecule has 1 heterocycles. The Kier molecular flexibility index (Phi) is 3.33. The lowest BCUT2D eigenvalue weighted by atomic mass is 10.1. The number of nitrogen functional groups attached to an aromatic ring is 1. The number of nitrogens with two attached hydrogens (primary N) is 1. The number of aromatic carboxylic acids is 1. The summed E-state index contributed by atoms with van der Waals surface area (Å²) >= 11 is 0. The Balaban J connectivity index is 2.46. The van der Waals surface area contributed by atoms with Crippen molar-refractivity contribution in [2.75, 3.05) is 5.73 Å². The Morgan fingerprint density at radius 2 is 1.78 bits per heavy atom. The fraction of sp³-hybridized carbons (Fsp3) is 0. The first kappa shape index (κ1) is 14.7. The highest BCUT2D eigenvalue weighted by Crippen LogP contribution is 2.22. The lowest BCUT2D eigenvalue weighted by Crippen LogP contribution is -2.18. The molecule has 0 aliphatic rings. The number of carboxylic acids is 1. The highest BCUT2D eigenvalue weighted by molar-refractivity contribution is 5.94. The third-order valence-electron chi connectivity index (χ3n) is 3.46. The van der Waals surface area contributed by atoms with Gasteiger partial charge in [0.1, 0.15) is 17.2 Å². The first-order valence-corrected chi connectivity index (χ1v) is 6.52. The van der Waals surface area contributed by atoms with Crippen LogP contribution >= 0.6 is 0 Å². The van der Waals surface area contributed by atoms with Crippen LogP contribution in [-0.4, -0.2) is 15.6 Å². The average molecular weight is 316 g/mol. The Morgan fingerprint density at radius 1 is 1.13 bits per heavy atom. The maximum Gasteiger partial charge on any atom is 0.341 e. The molecule has 0 atom stereocenters. The lowest BCUT2D eigenvalue weighted by molar-refractivity contribution is 0.0695. The van der Waals surface area contributed by atoms with Crippen molar-refractivity contribution < 1.29 is 18.7 Å². The van der Waals surface area contributed by atoms with Crippen LogP contribution in [-0.2, 0) is 0 Å². The molecule has 0 unspecified atom stereocenters. The van der Waals surface area contributed by atoms with Crippen LogP contribution < -0.4 is 11.2 Å². The number of anilines is 1. The second kappa shape index (κ2) is 5.20. The van der Waals surface area contributed by atoms with E-state index in [4.69, 9.17) is 5.73 Å². The SMILES string of the molecule is Nc1cc2c(cc1F)c(=O)c(C(=O)O)cn2-c1ccc(F)cc1. The van der Waals surface area contributed by atoms with Gasteiger partial charge in [-0.05, 0) is 36.4 Å². The summed E-state index contributed by atoms with van der Waals surface area (Å²) in [4.78, 5) is 23.5. The van der Waals surface area contributed by atoms with Crippen LogP contribution in [0.4, 0.5) is 14.5 Å². The van der Waals surface area contributed by atoms with Crippen molar-refractivity contribution in [2.24, 2.45) is 0 Å². The molecule has 0 spiro atoms. The van der Waals surface area contributed by atoms with Crippen molar-refractivity contribution >= 4 is 22.6 Å². The lowest BCUT2D eigenvalue weighted by Gasteiger charge is -2.13. The molecule has 0 aliphatic heterocycles. The van der Waals surface area contributed by atoms with Gasteiger partial charge in [0.05, 0.1) is 11.2 Å². The van der Waals surface area contributed by atoms with Gasteiger partial charge in [0.15, 0.2) is 0 Å². The molecule has 0 radical (unpaired) electrons. The highest BCUT2D eigenvalue weighted by atomic mass is 19.1. The quantitative estimate of drug-likeness (QED) is 0.712. The summed E-state index contributed by atoms with van der Waals surface area (Å²) in [6.45, 7) is 0. The molecule has 0 saturated heterocycles. The zero-order valence-corrected chi connectivity index (χ0v) is 11.6. The van der Waals surface area contributed by atoms with Gasteiger partial charge in [0.25, 0.3) is 0 Å². The summed E-state index contributed by atoms with van der Waals surface area (Å²) in [6.07, 6.45) is 1.11. The fourth-order valence-corrected chi connectivity index (χ4v) is 2.33. The summed E-state index contributed by atoms with van der Waals surface area (Å²) < 4.78 is 28.1. The fourth-order valence-electron chi connectivity index (χ4n) is 2.33. The minimum absolute atomic E-state index is 0.124. The number of halogens is 2. The van der Waals surface area contributed by atoms with Gasteiger partial charge in [0.2, 0.25) is 5.43 Å². The number of nitrogens with zero attached hydrogens (tertiary/aromatic N) is 1. The number of fused-ring (bicyclic) bond motifs is 1. The van der Waals surface area contributed by atoms with Crippen molar-refractivity contribution in [2.45, 2.75) is 0 Å². The van der Waals surface area contributed by atoms with Crippen molar-refractivity contribution in [3.8, 4) is 5.69 Å². The molecule has 0 aliphatic carbocycles. The molecular weight excluding hydrogens is 306 g/mol. The number of carbonyl (C=O) groups is 1. The number of hydrogen-bond donors (Lipinski definition) is 2. The second-order valence-electron chi connectivity index (χ2n) is 4.91. The molecule has 0 saturated carbocycles. The number of carboxylic acid groups (broad SMARTS) is 1.